The Labute approximate surface area is 320 Å². The number of hydrogen-bond acceptors (Lipinski definition) is 7. The fourth-order valence-corrected chi connectivity index (χ4v) is 5.90. The van der Waals surface area contributed by atoms with Gasteiger partial charge in [-0.25, -0.2) is 0 Å². The predicted molar refractivity (Wildman–Crippen MR) is 217 cm³/mol. The van der Waals surface area contributed by atoms with Gasteiger partial charge in [0.25, 0.3) is 7.82 Å². The smallest absolute Gasteiger partial charge is 0.306 e. The summed E-state index contributed by atoms with van der Waals surface area (Å²) in [7, 11) is 1.31. The Balaban J connectivity index is 4.39. The van der Waals surface area contributed by atoms with Crippen molar-refractivity contribution < 1.29 is 37.3 Å². The fraction of sp³-hybridized carbons (Fsp3) is 0.744. The van der Waals surface area contributed by atoms with E-state index in [0.29, 0.717) is 24.1 Å². The molecule has 52 heavy (non-hydrogen) atoms. The van der Waals surface area contributed by atoms with Crippen LogP contribution in [-0.2, 0) is 27.9 Å². The highest BCUT2D eigenvalue weighted by Gasteiger charge is 2.20. The van der Waals surface area contributed by atoms with Gasteiger partial charge in [0.05, 0.1) is 34.4 Å². The Kier molecular flexibility index (Phi) is 34.9. The van der Waals surface area contributed by atoms with Crippen LogP contribution in [0.1, 0.15) is 149 Å². The fourth-order valence-electron chi connectivity index (χ4n) is 5.17. The zero-order valence-electron chi connectivity index (χ0n) is 34.0. The van der Waals surface area contributed by atoms with E-state index in [-0.39, 0.29) is 26.2 Å². The molecule has 0 radical (unpaired) electrons. The van der Waals surface area contributed by atoms with Gasteiger partial charge in [0, 0.05) is 13.0 Å². The molecule has 8 nitrogen and oxygen atoms in total. The van der Waals surface area contributed by atoms with Crippen molar-refractivity contribution in [1.29, 1.82) is 0 Å². The van der Waals surface area contributed by atoms with Crippen LogP contribution in [0.5, 0.6) is 0 Å². The standard InChI is InChI=1S/C43H78NO7P/c1-6-8-10-12-14-16-18-20-21-22-23-24-26-28-30-32-34-36-43(45)51-42(41-50-52(46,47)49-39-37-44(3,4)5)40-48-38-35-33-31-29-27-25-19-17-15-13-11-9-7-2/h8,10,14,16,20-21,23-24,28,30,42H,6-7,9,11-13,15,17-19,22,25-27,29,31-41H2,1-5H3/b10-8-,16-14-,21-20-,24-23-,30-28-. The number of quaternary nitrogens is 1. The third-order valence-corrected chi connectivity index (χ3v) is 9.30. The van der Waals surface area contributed by atoms with Crippen molar-refractivity contribution in [2.24, 2.45) is 0 Å². The molecule has 0 heterocycles. The Morgan fingerprint density at radius 1 is 0.615 bits per heavy atom. The van der Waals surface area contributed by atoms with Crippen molar-refractivity contribution in [3.05, 3.63) is 60.8 Å². The first-order chi connectivity index (χ1) is 25.1. The summed E-state index contributed by atoms with van der Waals surface area (Å²) in [6.07, 6.45) is 43.8. The third kappa shape index (κ3) is 39.4. The van der Waals surface area contributed by atoms with Gasteiger partial charge >= 0.3 is 5.97 Å². The Morgan fingerprint density at radius 2 is 1.10 bits per heavy atom. The summed E-state index contributed by atoms with van der Waals surface area (Å²) in [5, 5.41) is 0. The molecule has 0 aromatic heterocycles. The lowest BCUT2D eigenvalue weighted by Gasteiger charge is -2.28. The monoisotopic (exact) mass is 752 g/mol. The van der Waals surface area contributed by atoms with Crippen molar-refractivity contribution in [2.75, 3.05) is 54.1 Å². The van der Waals surface area contributed by atoms with Crippen LogP contribution in [0.3, 0.4) is 0 Å². The maximum atomic E-state index is 12.6. The molecule has 0 fully saturated rings. The molecular weight excluding hydrogens is 673 g/mol. The molecule has 0 saturated carbocycles. The van der Waals surface area contributed by atoms with Crippen LogP contribution in [-0.4, -0.2) is 70.7 Å². The topological polar surface area (TPSA) is 94.1 Å². The summed E-state index contributed by atoms with van der Waals surface area (Å²) in [6.45, 7) is 5.21. The number of unbranched alkanes of at least 4 members (excludes halogenated alkanes) is 13. The van der Waals surface area contributed by atoms with E-state index in [1.807, 2.05) is 21.1 Å². The van der Waals surface area contributed by atoms with Crippen LogP contribution in [0, 0.1) is 0 Å². The summed E-state index contributed by atoms with van der Waals surface area (Å²) in [4.78, 5) is 25.0. The van der Waals surface area contributed by atoms with E-state index in [4.69, 9.17) is 18.5 Å². The Morgan fingerprint density at radius 3 is 1.60 bits per heavy atom. The molecule has 2 atom stereocenters. The summed E-state index contributed by atoms with van der Waals surface area (Å²) in [5.41, 5.74) is 0. The number of phosphoric acid groups is 1. The first-order valence-electron chi connectivity index (χ1n) is 20.5. The lowest BCUT2D eigenvalue weighted by atomic mass is 10.0. The number of carbonyl (C=O) groups excluding carboxylic acids is 1. The van der Waals surface area contributed by atoms with Crippen LogP contribution in [0.15, 0.2) is 60.8 Å². The molecule has 0 N–H and O–H groups in total. The van der Waals surface area contributed by atoms with Crippen molar-refractivity contribution in [2.45, 2.75) is 155 Å². The van der Waals surface area contributed by atoms with Crippen LogP contribution >= 0.6 is 7.82 Å². The molecule has 0 saturated heterocycles. The number of phosphoric ester groups is 1. The molecule has 2 unspecified atom stereocenters. The summed E-state index contributed by atoms with van der Waals surface area (Å²) in [6, 6.07) is 0. The first-order valence-corrected chi connectivity index (χ1v) is 22.0. The molecule has 0 rings (SSSR count). The van der Waals surface area contributed by atoms with Crippen molar-refractivity contribution >= 4 is 13.8 Å². The lowest BCUT2D eigenvalue weighted by molar-refractivity contribution is -0.870. The molecule has 0 aromatic carbocycles. The van der Waals surface area contributed by atoms with E-state index < -0.39 is 19.9 Å². The second kappa shape index (κ2) is 36.2. The van der Waals surface area contributed by atoms with Gasteiger partial charge in [0.15, 0.2) is 0 Å². The molecule has 0 spiro atoms. The molecule has 0 aromatic rings. The van der Waals surface area contributed by atoms with Crippen molar-refractivity contribution in [3.8, 4) is 0 Å². The van der Waals surface area contributed by atoms with Gasteiger partial charge < -0.3 is 27.9 Å². The van der Waals surface area contributed by atoms with E-state index in [1.54, 1.807) is 0 Å². The Hall–Kier alpha value is -1.80. The second-order valence-electron chi connectivity index (χ2n) is 14.6. The number of esters is 1. The maximum absolute atomic E-state index is 12.6. The van der Waals surface area contributed by atoms with Crippen LogP contribution in [0.4, 0.5) is 0 Å². The van der Waals surface area contributed by atoms with Gasteiger partial charge in [0.1, 0.15) is 19.3 Å². The normalized spacial score (nSPS) is 14.5. The molecule has 0 bridgehead atoms. The predicted octanol–water partition coefficient (Wildman–Crippen LogP) is 11.1. The summed E-state index contributed by atoms with van der Waals surface area (Å²) < 4.78 is 34.4. The zero-order chi connectivity index (χ0) is 38.4. The van der Waals surface area contributed by atoms with Gasteiger partial charge in [-0.3, -0.25) is 9.36 Å². The van der Waals surface area contributed by atoms with Gasteiger partial charge in [-0.2, -0.15) is 0 Å². The molecule has 302 valence electrons. The van der Waals surface area contributed by atoms with E-state index in [1.165, 1.54) is 70.6 Å². The maximum Gasteiger partial charge on any atom is 0.306 e. The average Bonchev–Trinajstić information content (AvgIpc) is 3.09. The molecule has 0 amide bonds. The number of rotatable bonds is 37. The first kappa shape index (κ1) is 50.2. The van der Waals surface area contributed by atoms with Crippen LogP contribution < -0.4 is 4.89 Å². The highest BCUT2D eigenvalue weighted by molar-refractivity contribution is 7.45. The molecule has 9 heteroatoms. The van der Waals surface area contributed by atoms with E-state index >= 15 is 0 Å². The van der Waals surface area contributed by atoms with Gasteiger partial charge in [-0.15, -0.1) is 0 Å². The van der Waals surface area contributed by atoms with Gasteiger partial charge in [-0.05, 0) is 51.4 Å². The molecule has 0 aliphatic rings. The number of allylic oxidation sites excluding steroid dienone is 10. The highest BCUT2D eigenvalue weighted by atomic mass is 31.2. The lowest BCUT2D eigenvalue weighted by Crippen LogP contribution is -2.37. The molecular formula is C43H78NO7P. The number of carbonyl (C=O) groups is 1. The second-order valence-corrected chi connectivity index (χ2v) is 16.0. The minimum absolute atomic E-state index is 0.0140. The van der Waals surface area contributed by atoms with Crippen LogP contribution in [0.2, 0.25) is 0 Å². The third-order valence-electron chi connectivity index (χ3n) is 8.33. The van der Waals surface area contributed by atoms with Crippen molar-refractivity contribution in [3.63, 3.8) is 0 Å². The average molecular weight is 752 g/mol. The SMILES string of the molecule is CC/C=C\C/C=C\C/C=C\C/C=C\C/C=C\CCCC(=O)OC(COCCCCCCCCCCCCCCC)COP(=O)([O-])OCC[N+](C)(C)C. The minimum Gasteiger partial charge on any atom is -0.756 e. The number of hydrogen-bond donors (Lipinski definition) is 0. The van der Waals surface area contributed by atoms with E-state index in [9.17, 15) is 14.3 Å². The molecule has 0 aliphatic heterocycles. The molecule has 0 aliphatic carbocycles. The highest BCUT2D eigenvalue weighted by Crippen LogP contribution is 2.38. The van der Waals surface area contributed by atoms with E-state index in [0.717, 1.165) is 51.4 Å². The quantitative estimate of drug-likeness (QED) is 0.0205. The summed E-state index contributed by atoms with van der Waals surface area (Å²) >= 11 is 0. The zero-order valence-corrected chi connectivity index (χ0v) is 34.9. The number of likely N-dealkylation sites (N-methyl/N-ethyl adjacent to an activating group) is 1. The Bertz CT molecular complexity index is 1020. The largest absolute Gasteiger partial charge is 0.756 e. The number of nitrogens with zero attached hydrogens (tertiary/aromatic N) is 1. The van der Waals surface area contributed by atoms with Crippen LogP contribution in [0.25, 0.3) is 0 Å². The van der Waals surface area contributed by atoms with Gasteiger partial charge in [0.2, 0.25) is 0 Å². The minimum atomic E-state index is -4.54. The van der Waals surface area contributed by atoms with E-state index in [2.05, 4.69) is 74.6 Å². The van der Waals surface area contributed by atoms with Crippen molar-refractivity contribution in [1.82, 2.24) is 0 Å². The van der Waals surface area contributed by atoms with Gasteiger partial charge in [-0.1, -0.05) is 152 Å². The number of ether oxygens (including phenoxy) is 2. The summed E-state index contributed by atoms with van der Waals surface area (Å²) in [5.74, 6) is -0.391.